The average Bonchev–Trinajstić information content (AvgIpc) is 2.81. The van der Waals surface area contributed by atoms with E-state index in [2.05, 4.69) is 25.4 Å². The van der Waals surface area contributed by atoms with Gasteiger partial charge in [-0.3, -0.25) is 10.1 Å². The van der Waals surface area contributed by atoms with Crippen molar-refractivity contribution in [3.8, 4) is 0 Å². The predicted molar refractivity (Wildman–Crippen MR) is 60.2 cm³/mol. The highest BCUT2D eigenvalue weighted by Crippen LogP contribution is 2.27. The van der Waals surface area contributed by atoms with Crippen LogP contribution in [0.15, 0.2) is 17.2 Å². The van der Waals surface area contributed by atoms with Gasteiger partial charge in [0, 0.05) is 13.0 Å². The number of hydrogen-bond acceptors (Lipinski definition) is 8. The molecule has 0 aliphatic carbocycles. The first kappa shape index (κ1) is 12.2. The number of nitro groups is 1. The fourth-order valence-corrected chi connectivity index (χ4v) is 1.44. The van der Waals surface area contributed by atoms with Gasteiger partial charge >= 0.3 is 5.69 Å². The summed E-state index contributed by atoms with van der Waals surface area (Å²) in [4.78, 5) is 21.3. The van der Waals surface area contributed by atoms with Gasteiger partial charge in [0.2, 0.25) is 16.9 Å². The van der Waals surface area contributed by atoms with Crippen LogP contribution < -0.4 is 5.32 Å². The summed E-state index contributed by atoms with van der Waals surface area (Å²) < 4.78 is 4.78. The second-order valence-corrected chi connectivity index (χ2v) is 3.49. The molecule has 0 unspecified atom stereocenters. The topological polar surface area (TPSA) is 120 Å². The lowest BCUT2D eigenvalue weighted by Gasteiger charge is -2.04. The summed E-state index contributed by atoms with van der Waals surface area (Å²) in [6, 6.07) is 0. The molecule has 0 amide bonds. The van der Waals surface area contributed by atoms with Crippen molar-refractivity contribution in [2.45, 2.75) is 6.42 Å². The first-order valence-corrected chi connectivity index (χ1v) is 5.20. The zero-order chi connectivity index (χ0) is 13.0. The Labute approximate surface area is 105 Å². The standard InChI is InChI=1S/C8H7ClN6O3/c9-7-6(15(16)17)8(13-3-12-7)10-2-1-5-11-4-14-18-5/h3-4H,1-2H2,(H,10,12,13). The normalized spacial score (nSPS) is 10.3. The van der Waals surface area contributed by atoms with E-state index in [-0.39, 0.29) is 16.7 Å². The van der Waals surface area contributed by atoms with Crippen LogP contribution >= 0.6 is 11.6 Å². The van der Waals surface area contributed by atoms with Crippen molar-refractivity contribution in [2.24, 2.45) is 0 Å². The monoisotopic (exact) mass is 270 g/mol. The third kappa shape index (κ3) is 2.69. The van der Waals surface area contributed by atoms with Crippen LogP contribution in [0.25, 0.3) is 0 Å². The van der Waals surface area contributed by atoms with E-state index < -0.39 is 4.92 Å². The Hall–Kier alpha value is -2.29. The van der Waals surface area contributed by atoms with Gasteiger partial charge < -0.3 is 9.84 Å². The lowest BCUT2D eigenvalue weighted by Crippen LogP contribution is -2.09. The molecule has 0 bridgehead atoms. The Kier molecular flexibility index (Phi) is 3.63. The Bertz CT molecular complexity index is 546. The summed E-state index contributed by atoms with van der Waals surface area (Å²) in [5.41, 5.74) is -0.357. The van der Waals surface area contributed by atoms with Crippen LogP contribution in [0.1, 0.15) is 5.89 Å². The van der Waals surface area contributed by atoms with Crippen molar-refractivity contribution in [2.75, 3.05) is 11.9 Å². The Morgan fingerprint density at radius 3 is 2.89 bits per heavy atom. The van der Waals surface area contributed by atoms with Gasteiger partial charge in [-0.25, -0.2) is 9.97 Å². The van der Waals surface area contributed by atoms with Crippen molar-refractivity contribution in [3.63, 3.8) is 0 Å². The van der Waals surface area contributed by atoms with Gasteiger partial charge in [0.1, 0.15) is 6.33 Å². The van der Waals surface area contributed by atoms with E-state index in [4.69, 9.17) is 16.1 Å². The molecular weight excluding hydrogens is 264 g/mol. The van der Waals surface area contributed by atoms with Crippen LogP contribution in [0.2, 0.25) is 5.15 Å². The van der Waals surface area contributed by atoms with Crippen molar-refractivity contribution in [1.82, 2.24) is 20.1 Å². The largest absolute Gasteiger partial charge is 0.364 e. The van der Waals surface area contributed by atoms with Gasteiger partial charge in [-0.2, -0.15) is 4.98 Å². The van der Waals surface area contributed by atoms with Gasteiger partial charge in [-0.05, 0) is 0 Å². The molecule has 0 aliphatic rings. The fourth-order valence-electron chi connectivity index (χ4n) is 1.24. The molecular formula is C8H7ClN6O3. The van der Waals surface area contributed by atoms with Gasteiger partial charge in [0.25, 0.3) is 0 Å². The molecule has 2 heterocycles. The zero-order valence-electron chi connectivity index (χ0n) is 8.91. The second-order valence-electron chi connectivity index (χ2n) is 3.13. The zero-order valence-corrected chi connectivity index (χ0v) is 9.66. The lowest BCUT2D eigenvalue weighted by molar-refractivity contribution is -0.384. The number of halogens is 1. The molecule has 0 saturated heterocycles. The van der Waals surface area contributed by atoms with E-state index in [9.17, 15) is 10.1 Å². The Morgan fingerprint density at radius 2 is 2.22 bits per heavy atom. The number of nitrogens with one attached hydrogen (secondary N) is 1. The number of hydrogen-bond donors (Lipinski definition) is 1. The van der Waals surface area contributed by atoms with Gasteiger partial charge in [-0.1, -0.05) is 16.8 Å². The number of anilines is 1. The molecule has 94 valence electrons. The van der Waals surface area contributed by atoms with E-state index in [0.29, 0.717) is 18.9 Å². The predicted octanol–water partition coefficient (Wildman–Crippen LogP) is 1.08. The molecule has 1 N–H and O–H groups in total. The molecule has 0 atom stereocenters. The van der Waals surface area contributed by atoms with E-state index in [1.165, 1.54) is 6.33 Å². The molecule has 2 aromatic rings. The minimum Gasteiger partial charge on any atom is -0.364 e. The maximum absolute atomic E-state index is 10.8. The number of nitrogens with zero attached hydrogens (tertiary/aromatic N) is 5. The summed E-state index contributed by atoms with van der Waals surface area (Å²) in [6.07, 6.45) is 2.84. The Morgan fingerprint density at radius 1 is 1.39 bits per heavy atom. The van der Waals surface area contributed by atoms with Crippen LogP contribution in [0.5, 0.6) is 0 Å². The Balaban J connectivity index is 2.05. The summed E-state index contributed by atoms with van der Waals surface area (Å²) in [6.45, 7) is 0.344. The first-order valence-electron chi connectivity index (χ1n) is 4.83. The van der Waals surface area contributed by atoms with Crippen LogP contribution in [0.4, 0.5) is 11.5 Å². The molecule has 10 heteroatoms. The van der Waals surface area contributed by atoms with Crippen LogP contribution in [-0.2, 0) is 6.42 Å². The maximum atomic E-state index is 10.8. The average molecular weight is 271 g/mol. The quantitative estimate of drug-likeness (QED) is 0.487. The van der Waals surface area contributed by atoms with Gasteiger partial charge in [0.15, 0.2) is 6.33 Å². The lowest BCUT2D eigenvalue weighted by atomic mass is 10.4. The molecule has 0 saturated carbocycles. The van der Waals surface area contributed by atoms with E-state index >= 15 is 0 Å². The highest BCUT2D eigenvalue weighted by atomic mass is 35.5. The highest BCUT2D eigenvalue weighted by molar-refractivity contribution is 6.31. The smallest absolute Gasteiger partial charge is 0.348 e. The number of aromatic nitrogens is 4. The molecule has 9 nitrogen and oxygen atoms in total. The third-order valence-electron chi connectivity index (χ3n) is 2.00. The van der Waals surface area contributed by atoms with Gasteiger partial charge in [-0.15, -0.1) is 0 Å². The van der Waals surface area contributed by atoms with Crippen molar-refractivity contribution in [3.05, 3.63) is 33.8 Å². The highest BCUT2D eigenvalue weighted by Gasteiger charge is 2.21. The number of rotatable bonds is 5. The molecule has 2 aromatic heterocycles. The molecule has 0 radical (unpaired) electrons. The minimum absolute atomic E-state index is 0.0551. The molecule has 0 spiro atoms. The van der Waals surface area contributed by atoms with E-state index in [0.717, 1.165) is 6.33 Å². The first-order chi connectivity index (χ1) is 8.68. The molecule has 0 aromatic carbocycles. The van der Waals surface area contributed by atoms with E-state index in [1.807, 2.05) is 0 Å². The molecule has 18 heavy (non-hydrogen) atoms. The molecule has 2 rings (SSSR count). The molecule has 0 fully saturated rings. The van der Waals surface area contributed by atoms with Crippen LogP contribution in [-0.4, -0.2) is 31.6 Å². The van der Waals surface area contributed by atoms with Crippen molar-refractivity contribution < 1.29 is 9.45 Å². The van der Waals surface area contributed by atoms with Crippen LogP contribution in [0, 0.1) is 10.1 Å². The second kappa shape index (κ2) is 5.36. The third-order valence-corrected chi connectivity index (χ3v) is 2.28. The fraction of sp³-hybridized carbons (Fsp3) is 0.250. The summed E-state index contributed by atoms with van der Waals surface area (Å²) >= 11 is 5.63. The maximum Gasteiger partial charge on any atom is 0.348 e. The molecule has 0 aliphatic heterocycles. The van der Waals surface area contributed by atoms with Gasteiger partial charge in [0.05, 0.1) is 4.92 Å². The van der Waals surface area contributed by atoms with E-state index in [1.54, 1.807) is 0 Å². The SMILES string of the molecule is O=[N+]([O-])c1c(Cl)ncnc1NCCc1ncno1. The van der Waals surface area contributed by atoms with Crippen molar-refractivity contribution >= 4 is 23.1 Å². The summed E-state index contributed by atoms with van der Waals surface area (Å²) in [5, 5.41) is 16.8. The summed E-state index contributed by atoms with van der Waals surface area (Å²) in [5.74, 6) is 0.477. The van der Waals surface area contributed by atoms with Crippen molar-refractivity contribution in [1.29, 1.82) is 0 Å². The minimum atomic E-state index is -0.642. The van der Waals surface area contributed by atoms with Crippen LogP contribution in [0.3, 0.4) is 0 Å². The summed E-state index contributed by atoms with van der Waals surface area (Å²) in [7, 11) is 0.